The number of hydrogen-bond acceptors (Lipinski definition) is 4. The Kier molecular flexibility index (Phi) is 4.34. The molecule has 0 unspecified atom stereocenters. The molecule has 2 heterocycles. The number of rotatable bonds is 4. The molecule has 4 aromatic rings. The van der Waals surface area contributed by atoms with Crippen molar-refractivity contribution in [2.75, 3.05) is 7.11 Å². The lowest BCUT2D eigenvalue weighted by Gasteiger charge is -2.02. The van der Waals surface area contributed by atoms with E-state index < -0.39 is 0 Å². The molecule has 0 aliphatic carbocycles. The van der Waals surface area contributed by atoms with Crippen LogP contribution in [0.5, 0.6) is 5.75 Å². The molecule has 0 saturated carbocycles. The summed E-state index contributed by atoms with van der Waals surface area (Å²) in [5, 5.41) is 2.61. The Hall–Kier alpha value is -2.50. The van der Waals surface area contributed by atoms with Crippen LogP contribution < -0.4 is 4.74 Å². The molecule has 2 aromatic heterocycles. The van der Waals surface area contributed by atoms with Crippen molar-refractivity contribution in [1.29, 1.82) is 0 Å². The van der Waals surface area contributed by atoms with Gasteiger partial charge in [-0.25, -0.2) is 9.97 Å². The highest BCUT2D eigenvalue weighted by Crippen LogP contribution is 2.34. The van der Waals surface area contributed by atoms with E-state index in [9.17, 15) is 0 Å². The summed E-state index contributed by atoms with van der Waals surface area (Å²) >= 11 is 7.54. The molecule has 0 spiro atoms. The van der Waals surface area contributed by atoms with E-state index in [0.29, 0.717) is 0 Å². The SMILES string of the molecule is COc1cccc(-c2cc3c(Sc4ccc(Cl)cc4)ncnc3[nH]2)c1. The highest BCUT2D eigenvalue weighted by Gasteiger charge is 2.11. The first kappa shape index (κ1) is 16.0. The average molecular weight is 368 g/mol. The van der Waals surface area contributed by atoms with Crippen LogP contribution in [0.2, 0.25) is 5.02 Å². The van der Waals surface area contributed by atoms with Crippen LogP contribution in [0.15, 0.2) is 70.8 Å². The number of nitrogens with zero attached hydrogens (tertiary/aromatic N) is 2. The standard InChI is InChI=1S/C19H14ClN3OS/c1-24-14-4-2-3-12(9-14)17-10-16-18(23-17)21-11-22-19(16)25-15-7-5-13(20)6-8-15/h2-11H,1H3,(H,21,22,23). The van der Waals surface area contributed by atoms with Gasteiger partial charge in [-0.1, -0.05) is 35.5 Å². The van der Waals surface area contributed by atoms with Crippen LogP contribution in [0.25, 0.3) is 22.3 Å². The van der Waals surface area contributed by atoms with Gasteiger partial charge in [0.25, 0.3) is 0 Å². The summed E-state index contributed by atoms with van der Waals surface area (Å²) in [7, 11) is 1.66. The maximum absolute atomic E-state index is 5.96. The molecule has 2 aromatic carbocycles. The molecule has 0 bridgehead atoms. The van der Waals surface area contributed by atoms with Crippen molar-refractivity contribution in [2.45, 2.75) is 9.92 Å². The van der Waals surface area contributed by atoms with Crippen LogP contribution >= 0.6 is 23.4 Å². The van der Waals surface area contributed by atoms with E-state index in [2.05, 4.69) is 21.0 Å². The van der Waals surface area contributed by atoms with Crippen molar-refractivity contribution in [3.63, 3.8) is 0 Å². The number of aromatic amines is 1. The molecule has 0 amide bonds. The Balaban J connectivity index is 1.74. The zero-order valence-electron chi connectivity index (χ0n) is 13.4. The predicted octanol–water partition coefficient (Wildman–Crippen LogP) is 5.44. The molecule has 25 heavy (non-hydrogen) atoms. The third-order valence-corrected chi connectivity index (χ3v) is 5.08. The topological polar surface area (TPSA) is 50.8 Å². The molecule has 4 rings (SSSR count). The maximum Gasteiger partial charge on any atom is 0.142 e. The molecule has 0 atom stereocenters. The summed E-state index contributed by atoms with van der Waals surface area (Å²) in [4.78, 5) is 13.2. The minimum absolute atomic E-state index is 0.721. The van der Waals surface area contributed by atoms with Crippen LogP contribution in [-0.2, 0) is 0 Å². The van der Waals surface area contributed by atoms with Crippen molar-refractivity contribution < 1.29 is 4.74 Å². The van der Waals surface area contributed by atoms with E-state index >= 15 is 0 Å². The molecule has 1 N–H and O–H groups in total. The molecule has 124 valence electrons. The maximum atomic E-state index is 5.96. The summed E-state index contributed by atoms with van der Waals surface area (Å²) in [6.07, 6.45) is 1.58. The van der Waals surface area contributed by atoms with Crippen LogP contribution in [0.3, 0.4) is 0 Å². The van der Waals surface area contributed by atoms with Crippen molar-refractivity contribution in [3.05, 3.63) is 65.9 Å². The largest absolute Gasteiger partial charge is 0.497 e. The van der Waals surface area contributed by atoms with Crippen molar-refractivity contribution in [3.8, 4) is 17.0 Å². The number of nitrogens with one attached hydrogen (secondary N) is 1. The Morgan fingerprint density at radius 2 is 1.88 bits per heavy atom. The van der Waals surface area contributed by atoms with Gasteiger partial charge < -0.3 is 9.72 Å². The van der Waals surface area contributed by atoms with Gasteiger partial charge in [-0.3, -0.25) is 0 Å². The number of H-pyrrole nitrogens is 1. The fraction of sp³-hybridized carbons (Fsp3) is 0.0526. The van der Waals surface area contributed by atoms with Crippen LogP contribution in [-0.4, -0.2) is 22.1 Å². The summed E-state index contributed by atoms with van der Waals surface area (Å²) < 4.78 is 5.31. The smallest absolute Gasteiger partial charge is 0.142 e. The number of halogens is 1. The minimum Gasteiger partial charge on any atom is -0.497 e. The molecular weight excluding hydrogens is 354 g/mol. The van der Waals surface area contributed by atoms with E-state index in [1.165, 1.54) is 0 Å². The van der Waals surface area contributed by atoms with Gasteiger partial charge in [-0.2, -0.15) is 0 Å². The molecule has 0 fully saturated rings. The first-order chi connectivity index (χ1) is 12.2. The summed E-state index contributed by atoms with van der Waals surface area (Å²) in [5.41, 5.74) is 2.83. The van der Waals surface area contributed by atoms with Gasteiger partial charge in [-0.05, 0) is 42.5 Å². The summed E-state index contributed by atoms with van der Waals surface area (Å²) in [6.45, 7) is 0. The first-order valence-corrected chi connectivity index (χ1v) is 8.84. The normalized spacial score (nSPS) is 11.0. The van der Waals surface area contributed by atoms with E-state index in [1.54, 1.807) is 25.2 Å². The second-order valence-electron chi connectivity index (χ2n) is 5.41. The lowest BCUT2D eigenvalue weighted by molar-refractivity contribution is 0.415. The Morgan fingerprint density at radius 1 is 1.04 bits per heavy atom. The second-order valence-corrected chi connectivity index (χ2v) is 6.91. The van der Waals surface area contributed by atoms with Gasteiger partial charge in [0.15, 0.2) is 0 Å². The molecular formula is C19H14ClN3OS. The zero-order chi connectivity index (χ0) is 17.2. The third-order valence-electron chi connectivity index (χ3n) is 3.80. The van der Waals surface area contributed by atoms with Crippen LogP contribution in [0, 0.1) is 0 Å². The monoisotopic (exact) mass is 367 g/mol. The van der Waals surface area contributed by atoms with E-state index in [1.807, 2.05) is 48.5 Å². The molecule has 0 aliphatic rings. The fourth-order valence-electron chi connectivity index (χ4n) is 2.56. The average Bonchev–Trinajstić information content (AvgIpc) is 3.09. The van der Waals surface area contributed by atoms with E-state index in [0.717, 1.165) is 43.0 Å². The third kappa shape index (κ3) is 3.34. The zero-order valence-corrected chi connectivity index (χ0v) is 14.9. The molecule has 0 saturated heterocycles. The number of hydrogen-bond donors (Lipinski definition) is 1. The quantitative estimate of drug-likeness (QED) is 0.488. The minimum atomic E-state index is 0.721. The highest BCUT2D eigenvalue weighted by molar-refractivity contribution is 7.99. The predicted molar refractivity (Wildman–Crippen MR) is 101 cm³/mol. The summed E-state index contributed by atoms with van der Waals surface area (Å²) in [6, 6.07) is 17.7. The molecule has 0 aliphatic heterocycles. The lowest BCUT2D eigenvalue weighted by atomic mass is 10.1. The van der Waals surface area contributed by atoms with E-state index in [4.69, 9.17) is 16.3 Å². The number of fused-ring (bicyclic) bond motifs is 1. The number of aromatic nitrogens is 3. The van der Waals surface area contributed by atoms with Crippen LogP contribution in [0.4, 0.5) is 0 Å². The molecule has 6 heteroatoms. The van der Waals surface area contributed by atoms with Gasteiger partial charge in [-0.15, -0.1) is 0 Å². The second kappa shape index (κ2) is 6.78. The highest BCUT2D eigenvalue weighted by atomic mass is 35.5. The number of methoxy groups -OCH3 is 1. The molecule has 4 nitrogen and oxygen atoms in total. The van der Waals surface area contributed by atoms with Gasteiger partial charge in [0.1, 0.15) is 22.7 Å². The van der Waals surface area contributed by atoms with E-state index in [-0.39, 0.29) is 0 Å². The van der Waals surface area contributed by atoms with Gasteiger partial charge in [0, 0.05) is 21.2 Å². The van der Waals surface area contributed by atoms with Crippen molar-refractivity contribution in [1.82, 2.24) is 15.0 Å². The Bertz CT molecular complexity index is 1030. The fourth-order valence-corrected chi connectivity index (χ4v) is 3.55. The Morgan fingerprint density at radius 3 is 2.68 bits per heavy atom. The Labute approximate surface area is 154 Å². The van der Waals surface area contributed by atoms with Crippen molar-refractivity contribution in [2.24, 2.45) is 0 Å². The summed E-state index contributed by atoms with van der Waals surface area (Å²) in [5.74, 6) is 0.818. The lowest BCUT2D eigenvalue weighted by Crippen LogP contribution is -1.84. The van der Waals surface area contributed by atoms with Crippen molar-refractivity contribution >= 4 is 34.4 Å². The molecule has 0 radical (unpaired) electrons. The van der Waals surface area contributed by atoms with Gasteiger partial charge in [0.05, 0.1) is 12.5 Å². The van der Waals surface area contributed by atoms with Gasteiger partial charge in [0.2, 0.25) is 0 Å². The van der Waals surface area contributed by atoms with Crippen LogP contribution in [0.1, 0.15) is 0 Å². The number of ether oxygens (including phenoxy) is 1. The number of benzene rings is 2. The first-order valence-electron chi connectivity index (χ1n) is 7.64. The van der Waals surface area contributed by atoms with Gasteiger partial charge >= 0.3 is 0 Å².